The molecule has 0 aliphatic rings. The topological polar surface area (TPSA) is 17.1 Å². The van der Waals surface area contributed by atoms with Crippen LogP contribution < -0.4 is 0 Å². The standard InChI is InChI=1S/2C3H7.O.Ti/c2*1-3-2;;/h2*3H,1-2H3;;/q2*-1;;+2. The van der Waals surface area contributed by atoms with Gasteiger partial charge in [0.05, 0.1) is 0 Å². The van der Waals surface area contributed by atoms with E-state index in [0.29, 0.717) is 0 Å². The predicted octanol–water partition coefficient (Wildman–Crippen LogP) is 2.34. The molecule has 48 valence electrons. The van der Waals surface area contributed by atoms with E-state index in [1.165, 1.54) is 0 Å². The Hall–Kier alpha value is 0.514. The predicted molar refractivity (Wildman–Crippen MR) is 32.0 cm³/mol. The first-order chi connectivity index (χ1) is 3.83. The molecule has 0 bridgehead atoms. The zero-order valence-corrected chi connectivity index (χ0v) is 7.62. The summed E-state index contributed by atoms with van der Waals surface area (Å²) in [5, 5.41) is 0. The van der Waals surface area contributed by atoms with Gasteiger partial charge in [0, 0.05) is 0 Å². The van der Waals surface area contributed by atoms with Crippen molar-refractivity contribution in [2.75, 3.05) is 0 Å². The van der Waals surface area contributed by atoms with Gasteiger partial charge in [0.15, 0.2) is 0 Å². The number of hydrogen-bond donors (Lipinski definition) is 0. The van der Waals surface area contributed by atoms with E-state index in [4.69, 9.17) is 3.32 Å². The second-order valence-electron chi connectivity index (χ2n) is 1.15. The zero-order chi connectivity index (χ0) is 7.41. The molecule has 0 aliphatic carbocycles. The molecule has 0 rings (SSSR count). The maximum atomic E-state index is 8.25. The molecule has 0 aromatic carbocycles. The molecular weight excluding hydrogens is 136 g/mol. The van der Waals surface area contributed by atoms with Crippen LogP contribution in [0.4, 0.5) is 0 Å². The summed E-state index contributed by atoms with van der Waals surface area (Å²) in [6.07, 6.45) is 4.00. The first-order valence-corrected chi connectivity index (χ1v) is 3.15. The first-order valence-electron chi connectivity index (χ1n) is 2.51. The molecule has 0 spiro atoms. The van der Waals surface area contributed by atoms with E-state index in [-0.39, 0.29) is 0 Å². The van der Waals surface area contributed by atoms with E-state index >= 15 is 0 Å². The third-order valence-corrected chi connectivity index (χ3v) is 0. The minimum absolute atomic E-state index is 0.750. The SMILES string of the molecule is C[CH-]C.C[CH-]C.[O]=[Ti+2]. The summed E-state index contributed by atoms with van der Waals surface area (Å²) in [6, 6.07) is 0. The van der Waals surface area contributed by atoms with Gasteiger partial charge in [-0.15, -0.1) is 0 Å². The van der Waals surface area contributed by atoms with Gasteiger partial charge in [-0.25, -0.2) is 0 Å². The van der Waals surface area contributed by atoms with Crippen molar-refractivity contribution in [1.82, 2.24) is 0 Å². The molecule has 0 N–H and O–H groups in total. The Morgan fingerprint density at radius 3 is 0.875 bits per heavy atom. The fraction of sp³-hybridized carbons (Fsp3) is 0.667. The van der Waals surface area contributed by atoms with E-state index in [2.05, 4.69) is 0 Å². The third-order valence-electron chi connectivity index (χ3n) is 0. The molecule has 0 aromatic rings. The van der Waals surface area contributed by atoms with Crippen LogP contribution in [-0.4, -0.2) is 0 Å². The van der Waals surface area contributed by atoms with Crippen molar-refractivity contribution in [3.8, 4) is 0 Å². The van der Waals surface area contributed by atoms with Crippen molar-refractivity contribution in [3.63, 3.8) is 0 Å². The Morgan fingerprint density at radius 1 is 0.875 bits per heavy atom. The van der Waals surface area contributed by atoms with Gasteiger partial charge < -0.3 is 12.8 Å². The summed E-state index contributed by atoms with van der Waals surface area (Å²) in [7, 11) is 0. The average Bonchev–Trinajstić information content (AvgIpc) is 1.75. The van der Waals surface area contributed by atoms with Crippen LogP contribution >= 0.6 is 0 Å². The Balaban J connectivity index is -0.0000000483. The second kappa shape index (κ2) is 50.4. The van der Waals surface area contributed by atoms with Crippen LogP contribution in [0.25, 0.3) is 0 Å². The summed E-state index contributed by atoms with van der Waals surface area (Å²) in [4.78, 5) is 0. The van der Waals surface area contributed by atoms with E-state index in [0.717, 1.165) is 20.4 Å². The second-order valence-corrected chi connectivity index (χ2v) is 1.15. The van der Waals surface area contributed by atoms with Gasteiger partial charge in [-0.2, -0.15) is 27.7 Å². The molecule has 0 radical (unpaired) electrons. The van der Waals surface area contributed by atoms with Gasteiger partial charge >= 0.3 is 23.7 Å². The monoisotopic (exact) mass is 150 g/mol. The Kier molecular flexibility index (Phi) is 99.7. The van der Waals surface area contributed by atoms with Crippen molar-refractivity contribution >= 4 is 0 Å². The Labute approximate surface area is 64.6 Å². The molecule has 0 unspecified atom stereocenters. The van der Waals surface area contributed by atoms with Gasteiger partial charge in [-0.3, -0.25) is 0 Å². The number of rotatable bonds is 0. The molecule has 0 amide bonds. The van der Waals surface area contributed by atoms with Crippen LogP contribution in [0.5, 0.6) is 0 Å². The van der Waals surface area contributed by atoms with E-state index < -0.39 is 0 Å². The van der Waals surface area contributed by atoms with Crippen molar-refractivity contribution in [2.45, 2.75) is 27.7 Å². The molecule has 0 saturated heterocycles. The van der Waals surface area contributed by atoms with Gasteiger partial charge in [0.25, 0.3) is 0 Å². The fourth-order valence-electron chi connectivity index (χ4n) is 0. The average molecular weight is 150 g/mol. The quantitative estimate of drug-likeness (QED) is 0.382. The van der Waals surface area contributed by atoms with E-state index in [1.807, 2.05) is 40.5 Å². The van der Waals surface area contributed by atoms with Crippen molar-refractivity contribution in [2.24, 2.45) is 0 Å². The molecule has 2 heteroatoms. The van der Waals surface area contributed by atoms with Crippen molar-refractivity contribution < 1.29 is 23.7 Å². The van der Waals surface area contributed by atoms with Crippen LogP contribution in [-0.2, 0) is 23.7 Å². The molecule has 1 nitrogen and oxygen atoms in total. The van der Waals surface area contributed by atoms with Gasteiger partial charge in [0.1, 0.15) is 0 Å². The van der Waals surface area contributed by atoms with Crippen molar-refractivity contribution in [1.29, 1.82) is 0 Å². The fourth-order valence-corrected chi connectivity index (χ4v) is 0. The molecular formula is C6H14OTi. The number of hydrogen-bond acceptors (Lipinski definition) is 1. The summed E-state index contributed by atoms with van der Waals surface area (Å²) in [5.41, 5.74) is 0. The van der Waals surface area contributed by atoms with Crippen LogP contribution in [0.1, 0.15) is 27.7 Å². The summed E-state index contributed by atoms with van der Waals surface area (Å²) >= 11 is 0.750. The summed E-state index contributed by atoms with van der Waals surface area (Å²) in [5.74, 6) is 0. The van der Waals surface area contributed by atoms with Gasteiger partial charge in [-0.05, 0) is 0 Å². The third kappa shape index (κ3) is 749. The van der Waals surface area contributed by atoms with Crippen LogP contribution in [0.2, 0.25) is 0 Å². The van der Waals surface area contributed by atoms with Crippen molar-refractivity contribution in [3.05, 3.63) is 12.8 Å². The van der Waals surface area contributed by atoms with E-state index in [9.17, 15) is 0 Å². The summed E-state index contributed by atoms with van der Waals surface area (Å²) in [6.45, 7) is 8.00. The van der Waals surface area contributed by atoms with Crippen LogP contribution in [0, 0.1) is 12.8 Å². The zero-order valence-electron chi connectivity index (χ0n) is 6.06. The Bertz CT molecular complexity index is 16.0. The molecule has 0 aliphatic heterocycles. The normalized spacial score (nSPS) is 5.25. The first kappa shape index (κ1) is 15.8. The molecule has 0 aromatic heterocycles. The maximum absolute atomic E-state index is 8.25. The molecule has 0 fully saturated rings. The van der Waals surface area contributed by atoms with Crippen LogP contribution in [0.3, 0.4) is 0 Å². The molecule has 0 heterocycles. The summed E-state index contributed by atoms with van der Waals surface area (Å²) < 4.78 is 8.25. The molecule has 8 heavy (non-hydrogen) atoms. The molecule has 0 saturated carbocycles. The van der Waals surface area contributed by atoms with Gasteiger partial charge in [0.2, 0.25) is 0 Å². The van der Waals surface area contributed by atoms with E-state index in [1.54, 1.807) is 0 Å². The minimum atomic E-state index is 0.750. The Morgan fingerprint density at radius 2 is 0.875 bits per heavy atom. The van der Waals surface area contributed by atoms with Gasteiger partial charge in [-0.1, -0.05) is 0 Å². The molecule has 0 atom stereocenters. The van der Waals surface area contributed by atoms with Crippen LogP contribution in [0.15, 0.2) is 0 Å².